The quantitative estimate of drug-likeness (QED) is 0.266. The first-order chi connectivity index (χ1) is 16.8. The minimum atomic E-state index is -5.08. The van der Waals surface area contributed by atoms with Crippen LogP contribution < -0.4 is 10.0 Å². The molecule has 0 aliphatic heterocycles. The van der Waals surface area contributed by atoms with Gasteiger partial charge in [0.05, 0.1) is 12.7 Å². The maximum Gasteiger partial charge on any atom is 0.490 e. The van der Waals surface area contributed by atoms with Crippen molar-refractivity contribution in [2.45, 2.75) is 25.4 Å². The van der Waals surface area contributed by atoms with E-state index in [0.29, 0.717) is 24.3 Å². The van der Waals surface area contributed by atoms with E-state index < -0.39 is 22.2 Å². The number of aliphatic hydroxyl groups excluding tert-OH is 1. The van der Waals surface area contributed by atoms with E-state index in [4.69, 9.17) is 15.0 Å². The maximum absolute atomic E-state index is 12.1. The molecule has 0 radical (unpaired) electrons. The van der Waals surface area contributed by atoms with Crippen LogP contribution in [0.5, 0.6) is 0 Å². The Morgan fingerprint density at radius 3 is 2.31 bits per heavy atom. The number of anilines is 1. The van der Waals surface area contributed by atoms with Crippen molar-refractivity contribution in [3.63, 3.8) is 0 Å². The van der Waals surface area contributed by atoms with Crippen LogP contribution in [-0.4, -0.2) is 66.1 Å². The van der Waals surface area contributed by atoms with Gasteiger partial charge in [-0.3, -0.25) is 9.52 Å². The number of fused-ring (bicyclic) bond motifs is 1. The van der Waals surface area contributed by atoms with Crippen molar-refractivity contribution in [3.05, 3.63) is 48.3 Å². The van der Waals surface area contributed by atoms with Crippen molar-refractivity contribution < 1.29 is 41.4 Å². The first-order valence-corrected chi connectivity index (χ1v) is 12.4. The number of hydrogen-bond acceptors (Lipinski definition) is 6. The molecule has 0 aliphatic rings. The van der Waals surface area contributed by atoms with Crippen LogP contribution in [0.1, 0.15) is 18.5 Å². The molecule has 0 unspecified atom stereocenters. The number of hydrogen-bond donors (Lipinski definition) is 5. The van der Waals surface area contributed by atoms with E-state index in [9.17, 15) is 26.4 Å². The average molecular weight is 531 g/mol. The van der Waals surface area contributed by atoms with E-state index >= 15 is 0 Å². The van der Waals surface area contributed by atoms with Crippen LogP contribution in [0.15, 0.2) is 42.6 Å². The lowest BCUT2D eigenvalue weighted by atomic mass is 10.0. The van der Waals surface area contributed by atoms with Crippen molar-refractivity contribution in [1.29, 1.82) is 0 Å². The first-order valence-electron chi connectivity index (χ1n) is 10.5. The lowest BCUT2D eigenvalue weighted by Gasteiger charge is -2.06. The third kappa shape index (κ3) is 9.19. The van der Waals surface area contributed by atoms with E-state index in [1.807, 2.05) is 24.3 Å². The van der Waals surface area contributed by atoms with Gasteiger partial charge in [-0.15, -0.1) is 0 Å². The molecule has 0 aliphatic carbocycles. The Hall–Kier alpha value is -3.65. The molecule has 0 saturated carbocycles. The molecule has 5 N–H and O–H groups in total. The number of nitrogens with zero attached hydrogens (tertiary/aromatic N) is 1. The fraction of sp³-hybridized carbons (Fsp3) is 0.318. The predicted molar refractivity (Wildman–Crippen MR) is 127 cm³/mol. The second-order valence-electron chi connectivity index (χ2n) is 7.63. The number of carboxylic acids is 1. The molecule has 0 fully saturated rings. The number of unbranched alkanes of at least 4 members (excludes halogenated alkanes) is 1. The molecule has 1 amide bonds. The number of sulfonamides is 1. The summed E-state index contributed by atoms with van der Waals surface area (Å²) in [5.41, 5.74) is 3.79. The Morgan fingerprint density at radius 2 is 1.75 bits per heavy atom. The number of nitrogens with one attached hydrogen (secondary N) is 3. The Labute approximate surface area is 204 Å². The molecule has 196 valence electrons. The van der Waals surface area contributed by atoms with Crippen LogP contribution in [0, 0.1) is 0 Å². The van der Waals surface area contributed by atoms with Crippen LogP contribution >= 0.6 is 0 Å². The van der Waals surface area contributed by atoms with E-state index in [1.165, 1.54) is 0 Å². The Bertz CT molecular complexity index is 1290. The number of amides is 1. The molecule has 0 bridgehead atoms. The smallest absolute Gasteiger partial charge is 0.475 e. The van der Waals surface area contributed by atoms with Gasteiger partial charge in [-0.1, -0.05) is 12.1 Å². The molecule has 0 spiro atoms. The van der Waals surface area contributed by atoms with Gasteiger partial charge in [-0.2, -0.15) is 13.2 Å². The molecule has 0 saturated heterocycles. The zero-order valence-corrected chi connectivity index (χ0v) is 19.9. The third-order valence-corrected chi connectivity index (χ3v) is 5.19. The highest BCUT2D eigenvalue weighted by Crippen LogP contribution is 2.29. The SMILES string of the molecule is CS(=O)(=O)Nc1ccc(-c2ccnc3[nH]c(CC(=O)NCCCCO)cc23)cc1.O=C(O)C(F)(F)F. The van der Waals surface area contributed by atoms with E-state index in [2.05, 4.69) is 20.0 Å². The first kappa shape index (κ1) is 28.6. The highest BCUT2D eigenvalue weighted by Gasteiger charge is 2.38. The van der Waals surface area contributed by atoms with Gasteiger partial charge in [-0.25, -0.2) is 18.2 Å². The van der Waals surface area contributed by atoms with Crippen LogP contribution in [0.25, 0.3) is 22.2 Å². The monoisotopic (exact) mass is 530 g/mol. The largest absolute Gasteiger partial charge is 0.490 e. The number of aromatic nitrogens is 2. The molecule has 1 aromatic carbocycles. The molecule has 0 atom stereocenters. The lowest BCUT2D eigenvalue weighted by Crippen LogP contribution is -2.26. The normalized spacial score (nSPS) is 11.5. The second-order valence-corrected chi connectivity index (χ2v) is 9.38. The number of carboxylic acid groups (broad SMARTS) is 1. The highest BCUT2D eigenvalue weighted by atomic mass is 32.2. The zero-order chi connectivity index (χ0) is 26.9. The molecule has 3 rings (SSSR count). The predicted octanol–water partition coefficient (Wildman–Crippen LogP) is 2.67. The minimum absolute atomic E-state index is 0.0905. The molecule has 2 heterocycles. The van der Waals surface area contributed by atoms with E-state index in [1.54, 1.807) is 18.3 Å². The van der Waals surface area contributed by atoms with Gasteiger partial charge in [-0.05, 0) is 48.2 Å². The van der Waals surface area contributed by atoms with Crippen LogP contribution in [0.3, 0.4) is 0 Å². The number of benzene rings is 1. The number of halogens is 3. The fourth-order valence-electron chi connectivity index (χ4n) is 3.06. The van der Waals surface area contributed by atoms with Gasteiger partial charge in [0.25, 0.3) is 0 Å². The number of rotatable bonds is 9. The fourth-order valence-corrected chi connectivity index (χ4v) is 3.62. The number of pyridine rings is 1. The van der Waals surface area contributed by atoms with Crippen molar-refractivity contribution in [2.75, 3.05) is 24.1 Å². The molecule has 14 heteroatoms. The highest BCUT2D eigenvalue weighted by molar-refractivity contribution is 7.92. The molecule has 10 nitrogen and oxygen atoms in total. The summed E-state index contributed by atoms with van der Waals surface area (Å²) < 4.78 is 56.9. The summed E-state index contributed by atoms with van der Waals surface area (Å²) in [5.74, 6) is -2.85. The van der Waals surface area contributed by atoms with Crippen LogP contribution in [0.4, 0.5) is 18.9 Å². The van der Waals surface area contributed by atoms with Gasteiger partial charge in [0.15, 0.2) is 0 Å². The summed E-state index contributed by atoms with van der Waals surface area (Å²) in [6.07, 6.45) is -0.664. The van der Waals surface area contributed by atoms with Gasteiger partial charge >= 0.3 is 12.1 Å². The van der Waals surface area contributed by atoms with Gasteiger partial charge in [0.1, 0.15) is 5.65 Å². The number of H-pyrrole nitrogens is 1. The summed E-state index contributed by atoms with van der Waals surface area (Å²) in [6.45, 7) is 0.661. The van der Waals surface area contributed by atoms with Crippen LogP contribution in [0.2, 0.25) is 0 Å². The summed E-state index contributed by atoms with van der Waals surface area (Å²) in [5, 5.41) is 19.6. The maximum atomic E-state index is 12.1. The number of carbonyl (C=O) groups is 2. The van der Waals surface area contributed by atoms with Crippen molar-refractivity contribution in [1.82, 2.24) is 15.3 Å². The molecule has 2 aromatic heterocycles. The van der Waals surface area contributed by atoms with Crippen LogP contribution in [-0.2, 0) is 26.0 Å². The van der Waals surface area contributed by atoms with Gasteiger partial charge in [0, 0.05) is 36.1 Å². The zero-order valence-electron chi connectivity index (χ0n) is 19.1. The number of aromatic amines is 1. The summed E-state index contributed by atoms with van der Waals surface area (Å²) in [6, 6.07) is 10.9. The Balaban J connectivity index is 0.000000572. The Morgan fingerprint density at radius 1 is 1.11 bits per heavy atom. The van der Waals surface area contributed by atoms with E-state index in [-0.39, 0.29) is 18.9 Å². The lowest BCUT2D eigenvalue weighted by molar-refractivity contribution is -0.192. The molecular formula is C22H25F3N4O6S. The number of alkyl halides is 3. The third-order valence-electron chi connectivity index (χ3n) is 4.59. The summed E-state index contributed by atoms with van der Waals surface area (Å²) in [4.78, 5) is 28.5. The molecule has 3 aromatic rings. The Kier molecular flexibility index (Phi) is 9.81. The van der Waals surface area contributed by atoms with Crippen molar-refractivity contribution in [2.24, 2.45) is 0 Å². The van der Waals surface area contributed by atoms with Gasteiger partial charge < -0.3 is 20.5 Å². The average Bonchev–Trinajstić information content (AvgIpc) is 3.18. The number of aliphatic hydroxyl groups is 1. The second kappa shape index (κ2) is 12.4. The van der Waals surface area contributed by atoms with Crippen molar-refractivity contribution >= 4 is 38.6 Å². The number of carbonyl (C=O) groups excluding carboxylic acids is 1. The number of aliphatic carboxylic acids is 1. The summed E-state index contributed by atoms with van der Waals surface area (Å²) in [7, 11) is -3.32. The minimum Gasteiger partial charge on any atom is -0.475 e. The molecular weight excluding hydrogens is 505 g/mol. The van der Waals surface area contributed by atoms with Gasteiger partial charge in [0.2, 0.25) is 15.9 Å². The molecule has 36 heavy (non-hydrogen) atoms. The topological polar surface area (TPSA) is 161 Å². The van der Waals surface area contributed by atoms with E-state index in [0.717, 1.165) is 34.9 Å². The summed E-state index contributed by atoms with van der Waals surface area (Å²) >= 11 is 0. The van der Waals surface area contributed by atoms with Crippen molar-refractivity contribution in [3.8, 4) is 11.1 Å². The standard InChI is InChI=1S/C20H24N4O4S.C2HF3O2/c1-29(27,28)24-15-6-4-14(5-7-15)17-8-10-22-20-18(17)12-16(23-20)13-19(26)21-9-2-3-11-25;3-2(4,5)1(6)7/h4-8,10,12,24-25H,2-3,9,11,13H2,1H3,(H,21,26)(H,22,23);(H,6,7).